The molecule has 3 aromatic rings. The van der Waals surface area contributed by atoms with E-state index in [9.17, 15) is 18.0 Å². The summed E-state index contributed by atoms with van der Waals surface area (Å²) in [5, 5.41) is 12.3. The van der Waals surface area contributed by atoms with Crippen LogP contribution in [0.1, 0.15) is 21.8 Å². The van der Waals surface area contributed by atoms with Gasteiger partial charge in [-0.3, -0.25) is 4.79 Å². The van der Waals surface area contributed by atoms with Crippen LogP contribution in [0.4, 0.5) is 24.5 Å². The van der Waals surface area contributed by atoms with Crippen molar-refractivity contribution in [2.24, 2.45) is 5.73 Å². The maximum atomic E-state index is 12.3. The molecule has 0 radical (unpaired) electrons. The number of benzene rings is 2. The molecular formula is C18H18F3N5O3. The van der Waals surface area contributed by atoms with Crippen molar-refractivity contribution in [1.29, 1.82) is 0 Å². The number of carbonyl (C=O) groups excluding carboxylic acids is 1. The Kier molecular flexibility index (Phi) is 6.78. The molecule has 0 aliphatic heterocycles. The Balaban J connectivity index is 0.000000234. The number of hydrogen-bond acceptors (Lipinski definition) is 7. The van der Waals surface area contributed by atoms with Crippen molar-refractivity contribution in [2.75, 3.05) is 18.1 Å². The minimum atomic E-state index is -4.36. The summed E-state index contributed by atoms with van der Waals surface area (Å²) in [5.41, 5.74) is 16.7. The molecule has 29 heavy (non-hydrogen) atoms. The van der Waals surface area contributed by atoms with Crippen LogP contribution in [-0.4, -0.2) is 27.8 Å². The minimum absolute atomic E-state index is 0.130. The van der Waals surface area contributed by atoms with Crippen LogP contribution in [0.5, 0.6) is 0 Å². The van der Waals surface area contributed by atoms with Gasteiger partial charge in [0.2, 0.25) is 17.6 Å². The second-order valence-electron chi connectivity index (χ2n) is 5.77. The molecule has 0 aliphatic carbocycles. The van der Waals surface area contributed by atoms with Crippen molar-refractivity contribution < 1.29 is 27.6 Å². The van der Waals surface area contributed by atoms with Gasteiger partial charge in [-0.25, -0.2) is 0 Å². The maximum absolute atomic E-state index is 12.3. The lowest BCUT2D eigenvalue weighted by molar-refractivity contribution is -0.137. The van der Waals surface area contributed by atoms with Gasteiger partial charge in [-0.05, 0) is 30.3 Å². The zero-order chi connectivity index (χ0) is 21.6. The van der Waals surface area contributed by atoms with Crippen molar-refractivity contribution >= 4 is 17.3 Å². The number of carbonyl (C=O) groups is 1. The van der Waals surface area contributed by atoms with Gasteiger partial charge in [-0.15, -0.1) is 0 Å². The van der Waals surface area contributed by atoms with E-state index < -0.39 is 17.6 Å². The summed E-state index contributed by atoms with van der Waals surface area (Å²) in [6.45, 7) is -0.130. The molecule has 3 rings (SSSR count). The number of nitrogens with two attached hydrogens (primary N) is 3. The lowest BCUT2D eigenvalue weighted by Crippen LogP contribution is -2.11. The smallest absolute Gasteiger partial charge is 0.397 e. The first kappa shape index (κ1) is 21.7. The lowest BCUT2D eigenvalue weighted by Gasteiger charge is -2.05. The number of hydrogen-bond donors (Lipinski definition) is 4. The molecule has 0 bridgehead atoms. The predicted octanol–water partition coefficient (Wildman–Crippen LogP) is 2.24. The molecule has 0 unspecified atom stereocenters. The Bertz CT molecular complexity index is 972. The maximum Gasteiger partial charge on any atom is 0.416 e. The zero-order valence-corrected chi connectivity index (χ0v) is 15.0. The molecule has 0 aliphatic rings. The molecule has 0 spiro atoms. The number of amides is 1. The molecule has 1 heterocycles. The number of rotatable bonds is 4. The number of aliphatic hydroxyl groups is 1. The highest BCUT2D eigenvalue weighted by Crippen LogP contribution is 2.30. The standard InChI is InChI=1S/C11H9F3N2O2.C7H9N3O/c12-11(13,14)8-3-1-7(2-4-8)10-15-9(5-6-17)18-16-10;8-5-2-1-4(7(10)11)3-6(5)9/h1-4,17H,5-6H2;1-3H,8-9H2,(H2,10,11). The van der Waals surface area contributed by atoms with Gasteiger partial charge in [-0.2, -0.15) is 18.2 Å². The van der Waals surface area contributed by atoms with Gasteiger partial charge < -0.3 is 26.8 Å². The highest BCUT2D eigenvalue weighted by molar-refractivity contribution is 5.94. The number of anilines is 2. The molecule has 11 heteroatoms. The third kappa shape index (κ3) is 5.94. The zero-order valence-electron chi connectivity index (χ0n) is 15.0. The topological polar surface area (TPSA) is 154 Å². The van der Waals surface area contributed by atoms with E-state index in [2.05, 4.69) is 10.1 Å². The first-order chi connectivity index (χ1) is 13.6. The van der Waals surface area contributed by atoms with Crippen molar-refractivity contribution in [3.63, 3.8) is 0 Å². The first-order valence-corrected chi connectivity index (χ1v) is 8.17. The van der Waals surface area contributed by atoms with E-state index in [1.807, 2.05) is 0 Å². The molecule has 8 nitrogen and oxygen atoms in total. The highest BCUT2D eigenvalue weighted by Gasteiger charge is 2.30. The lowest BCUT2D eigenvalue weighted by atomic mass is 10.1. The van der Waals surface area contributed by atoms with Gasteiger partial charge in [0.05, 0.1) is 30.0 Å². The third-order valence-electron chi connectivity index (χ3n) is 3.64. The molecule has 154 valence electrons. The number of nitrogens with zero attached hydrogens (tertiary/aromatic N) is 2. The Morgan fingerprint density at radius 1 is 1.07 bits per heavy atom. The largest absolute Gasteiger partial charge is 0.416 e. The molecule has 0 fully saturated rings. The van der Waals surface area contributed by atoms with E-state index in [4.69, 9.17) is 26.8 Å². The number of primary amides is 1. The van der Waals surface area contributed by atoms with Crippen molar-refractivity contribution in [3.05, 3.63) is 59.5 Å². The summed E-state index contributed by atoms with van der Waals surface area (Å²) in [6.07, 6.45) is -4.15. The Labute approximate surface area is 163 Å². The molecule has 0 atom stereocenters. The van der Waals surface area contributed by atoms with Gasteiger partial charge in [0, 0.05) is 11.1 Å². The molecule has 7 N–H and O–H groups in total. The fraction of sp³-hybridized carbons (Fsp3) is 0.167. The van der Waals surface area contributed by atoms with Crippen LogP contribution >= 0.6 is 0 Å². The third-order valence-corrected chi connectivity index (χ3v) is 3.64. The van der Waals surface area contributed by atoms with E-state index in [0.717, 1.165) is 12.1 Å². The van der Waals surface area contributed by atoms with Crippen LogP contribution in [0, 0.1) is 0 Å². The second-order valence-corrected chi connectivity index (χ2v) is 5.77. The first-order valence-electron chi connectivity index (χ1n) is 8.17. The van der Waals surface area contributed by atoms with Crippen LogP contribution in [0.15, 0.2) is 47.0 Å². The fourth-order valence-corrected chi connectivity index (χ4v) is 2.11. The molecule has 0 saturated heterocycles. The summed E-state index contributed by atoms with van der Waals surface area (Å²) in [6, 6.07) is 9.00. The molecule has 1 amide bonds. The molecule has 0 saturated carbocycles. The van der Waals surface area contributed by atoms with Crippen LogP contribution < -0.4 is 17.2 Å². The SMILES string of the molecule is NC(=O)c1ccc(N)c(N)c1.OCCc1nc(-c2ccc(C(F)(F)F)cc2)no1. The van der Waals surface area contributed by atoms with Crippen molar-refractivity contribution in [1.82, 2.24) is 10.1 Å². The van der Waals surface area contributed by atoms with Crippen LogP contribution in [0.3, 0.4) is 0 Å². The number of halogens is 3. The minimum Gasteiger partial charge on any atom is -0.397 e. The van der Waals surface area contributed by atoms with Crippen LogP contribution in [0.2, 0.25) is 0 Å². The summed E-state index contributed by atoms with van der Waals surface area (Å²) in [7, 11) is 0. The van der Waals surface area contributed by atoms with Gasteiger partial charge in [0.15, 0.2) is 0 Å². The number of aliphatic hydroxyl groups excluding tert-OH is 1. The monoisotopic (exact) mass is 409 g/mol. The average Bonchev–Trinajstić information content (AvgIpc) is 3.13. The van der Waals surface area contributed by atoms with E-state index >= 15 is 0 Å². The Hall–Kier alpha value is -3.60. The Morgan fingerprint density at radius 3 is 2.24 bits per heavy atom. The van der Waals surface area contributed by atoms with E-state index in [-0.39, 0.29) is 24.7 Å². The summed E-state index contributed by atoms with van der Waals surface area (Å²) in [5.74, 6) is -0.0590. The molecular weight excluding hydrogens is 391 g/mol. The summed E-state index contributed by atoms with van der Waals surface area (Å²) in [4.78, 5) is 14.5. The summed E-state index contributed by atoms with van der Waals surface area (Å²) < 4.78 is 41.9. The number of aromatic nitrogens is 2. The average molecular weight is 409 g/mol. The quantitative estimate of drug-likeness (QED) is 0.482. The Morgan fingerprint density at radius 2 is 1.72 bits per heavy atom. The second kappa shape index (κ2) is 9.06. The highest BCUT2D eigenvalue weighted by atomic mass is 19.4. The van der Waals surface area contributed by atoms with Gasteiger partial charge in [0.25, 0.3) is 0 Å². The van der Waals surface area contributed by atoms with Crippen LogP contribution in [-0.2, 0) is 12.6 Å². The number of nitrogen functional groups attached to an aromatic ring is 2. The van der Waals surface area contributed by atoms with Gasteiger partial charge in [-0.1, -0.05) is 17.3 Å². The number of alkyl halides is 3. The van der Waals surface area contributed by atoms with E-state index in [1.54, 1.807) is 6.07 Å². The van der Waals surface area contributed by atoms with E-state index in [0.29, 0.717) is 22.5 Å². The summed E-state index contributed by atoms with van der Waals surface area (Å²) >= 11 is 0. The normalized spacial score (nSPS) is 10.9. The predicted molar refractivity (Wildman–Crippen MR) is 99.3 cm³/mol. The fourth-order valence-electron chi connectivity index (χ4n) is 2.11. The van der Waals surface area contributed by atoms with Gasteiger partial charge >= 0.3 is 6.18 Å². The van der Waals surface area contributed by atoms with Crippen molar-refractivity contribution in [3.8, 4) is 11.4 Å². The molecule has 1 aromatic heterocycles. The van der Waals surface area contributed by atoms with Crippen molar-refractivity contribution in [2.45, 2.75) is 12.6 Å². The van der Waals surface area contributed by atoms with E-state index in [1.165, 1.54) is 24.3 Å². The van der Waals surface area contributed by atoms with Gasteiger partial charge in [0.1, 0.15) is 0 Å². The van der Waals surface area contributed by atoms with Crippen LogP contribution in [0.25, 0.3) is 11.4 Å². The molecule has 2 aromatic carbocycles.